The fourth-order valence-electron chi connectivity index (χ4n) is 2.34. The molecule has 0 radical (unpaired) electrons. The Kier molecular flexibility index (Phi) is 3.52. The molecule has 2 unspecified atom stereocenters. The van der Waals surface area contributed by atoms with E-state index >= 15 is 0 Å². The van der Waals surface area contributed by atoms with E-state index in [-0.39, 0.29) is 23.8 Å². The molecular formula is C11H18ClNO2. The average molecular weight is 232 g/mol. The number of amides is 1. The van der Waals surface area contributed by atoms with Crippen LogP contribution in [0, 0.1) is 11.8 Å². The van der Waals surface area contributed by atoms with E-state index in [4.69, 9.17) is 11.6 Å². The average Bonchev–Trinajstić information content (AvgIpc) is 3.04. The van der Waals surface area contributed by atoms with Gasteiger partial charge in [0.25, 0.3) is 0 Å². The Bertz CT molecular complexity index is 243. The molecule has 4 heteroatoms. The summed E-state index contributed by atoms with van der Waals surface area (Å²) >= 11 is 5.53. The van der Waals surface area contributed by atoms with Gasteiger partial charge in [-0.25, -0.2) is 0 Å². The molecule has 2 aliphatic rings. The molecule has 2 rings (SSSR count). The maximum atomic E-state index is 11.4. The van der Waals surface area contributed by atoms with E-state index in [1.165, 1.54) is 12.8 Å². The Morgan fingerprint density at radius 1 is 1.40 bits per heavy atom. The van der Waals surface area contributed by atoms with Crippen LogP contribution in [0.15, 0.2) is 0 Å². The number of rotatable bonds is 3. The van der Waals surface area contributed by atoms with Crippen molar-refractivity contribution in [2.45, 2.75) is 31.8 Å². The number of alkyl halides is 1. The number of carbonyl (C=O) groups is 1. The molecular weight excluding hydrogens is 214 g/mol. The molecule has 1 amide bonds. The van der Waals surface area contributed by atoms with Gasteiger partial charge in [-0.15, -0.1) is 11.6 Å². The van der Waals surface area contributed by atoms with Crippen LogP contribution in [-0.2, 0) is 4.79 Å². The molecule has 0 aromatic heterocycles. The van der Waals surface area contributed by atoms with Gasteiger partial charge < -0.3 is 10.0 Å². The highest BCUT2D eigenvalue weighted by molar-refractivity contribution is 6.27. The molecule has 1 aliphatic carbocycles. The monoisotopic (exact) mass is 231 g/mol. The summed E-state index contributed by atoms with van der Waals surface area (Å²) in [5.74, 6) is 1.14. The molecule has 1 N–H and O–H groups in total. The van der Waals surface area contributed by atoms with Crippen molar-refractivity contribution in [3.05, 3.63) is 0 Å². The van der Waals surface area contributed by atoms with E-state index < -0.39 is 0 Å². The maximum absolute atomic E-state index is 11.4. The van der Waals surface area contributed by atoms with Crippen molar-refractivity contribution in [1.82, 2.24) is 4.90 Å². The minimum absolute atomic E-state index is 0.00404. The number of hydrogen-bond acceptors (Lipinski definition) is 2. The van der Waals surface area contributed by atoms with Gasteiger partial charge in [-0.2, -0.15) is 0 Å². The summed E-state index contributed by atoms with van der Waals surface area (Å²) in [4.78, 5) is 13.2. The van der Waals surface area contributed by atoms with Gasteiger partial charge in [0.15, 0.2) is 0 Å². The van der Waals surface area contributed by atoms with Gasteiger partial charge in [-0.3, -0.25) is 4.79 Å². The van der Waals surface area contributed by atoms with E-state index in [2.05, 4.69) is 0 Å². The van der Waals surface area contributed by atoms with Crippen molar-refractivity contribution in [3.8, 4) is 0 Å². The van der Waals surface area contributed by atoms with Crippen molar-refractivity contribution in [3.63, 3.8) is 0 Å². The summed E-state index contributed by atoms with van der Waals surface area (Å²) in [6.07, 6.45) is 4.16. The van der Waals surface area contributed by atoms with Gasteiger partial charge in [0.2, 0.25) is 5.91 Å². The molecule has 2 fully saturated rings. The fourth-order valence-corrected chi connectivity index (χ4v) is 2.51. The van der Waals surface area contributed by atoms with Crippen LogP contribution in [0.2, 0.25) is 0 Å². The number of hydrogen-bond donors (Lipinski definition) is 1. The van der Waals surface area contributed by atoms with Crippen LogP contribution in [0.3, 0.4) is 0 Å². The predicted octanol–water partition coefficient (Wildman–Crippen LogP) is 1.23. The third kappa shape index (κ3) is 2.85. The Morgan fingerprint density at radius 2 is 2.13 bits per heavy atom. The zero-order chi connectivity index (χ0) is 10.8. The number of piperidine rings is 1. The Morgan fingerprint density at radius 3 is 2.73 bits per heavy atom. The van der Waals surface area contributed by atoms with E-state index in [0.29, 0.717) is 19.5 Å². The van der Waals surface area contributed by atoms with Crippen LogP contribution in [0.1, 0.15) is 25.7 Å². The highest BCUT2D eigenvalue weighted by Gasteiger charge is 2.34. The first-order chi connectivity index (χ1) is 7.20. The van der Waals surface area contributed by atoms with Crippen LogP contribution in [-0.4, -0.2) is 41.0 Å². The zero-order valence-corrected chi connectivity index (χ0v) is 9.62. The first-order valence-electron chi connectivity index (χ1n) is 5.72. The van der Waals surface area contributed by atoms with Crippen LogP contribution in [0.25, 0.3) is 0 Å². The molecule has 15 heavy (non-hydrogen) atoms. The van der Waals surface area contributed by atoms with Crippen LogP contribution in [0.5, 0.6) is 0 Å². The van der Waals surface area contributed by atoms with Crippen LogP contribution >= 0.6 is 11.6 Å². The molecule has 1 saturated carbocycles. The number of carbonyl (C=O) groups excluding carboxylic acids is 1. The highest BCUT2D eigenvalue weighted by atomic mass is 35.5. The lowest BCUT2D eigenvalue weighted by Gasteiger charge is -2.36. The summed E-state index contributed by atoms with van der Waals surface area (Å²) in [6.45, 7) is 1.36. The SMILES string of the molecule is O=C(CCl)N1CCC(O)C(CC2CC2)C1. The topological polar surface area (TPSA) is 40.5 Å². The smallest absolute Gasteiger partial charge is 0.237 e. The number of likely N-dealkylation sites (tertiary alicyclic amines) is 1. The molecule has 1 aliphatic heterocycles. The number of aliphatic hydroxyl groups is 1. The molecule has 0 bridgehead atoms. The van der Waals surface area contributed by atoms with Gasteiger partial charge in [0.1, 0.15) is 5.88 Å². The van der Waals surface area contributed by atoms with E-state index in [0.717, 1.165) is 12.3 Å². The minimum atomic E-state index is -0.218. The lowest BCUT2D eigenvalue weighted by Crippen LogP contribution is -2.46. The summed E-state index contributed by atoms with van der Waals surface area (Å²) in [7, 11) is 0. The third-order valence-corrected chi connectivity index (χ3v) is 3.72. The molecule has 0 aromatic rings. The first-order valence-corrected chi connectivity index (χ1v) is 6.26. The van der Waals surface area contributed by atoms with Crippen molar-refractivity contribution >= 4 is 17.5 Å². The Hall–Kier alpha value is -0.280. The predicted molar refractivity (Wildman–Crippen MR) is 58.8 cm³/mol. The van der Waals surface area contributed by atoms with E-state index in [1.807, 2.05) is 0 Å². The first kappa shape index (κ1) is 11.2. The second-order valence-corrected chi connectivity index (χ2v) is 5.04. The lowest BCUT2D eigenvalue weighted by molar-refractivity contribution is -0.132. The highest BCUT2D eigenvalue weighted by Crippen LogP contribution is 2.37. The quantitative estimate of drug-likeness (QED) is 0.743. The van der Waals surface area contributed by atoms with Gasteiger partial charge >= 0.3 is 0 Å². The maximum Gasteiger partial charge on any atom is 0.237 e. The molecule has 86 valence electrons. The van der Waals surface area contributed by atoms with Gasteiger partial charge in [0.05, 0.1) is 6.10 Å². The summed E-state index contributed by atoms with van der Waals surface area (Å²) in [5.41, 5.74) is 0. The van der Waals surface area contributed by atoms with Crippen LogP contribution in [0.4, 0.5) is 0 Å². The lowest BCUT2D eigenvalue weighted by atomic mass is 9.90. The molecule has 1 heterocycles. The largest absolute Gasteiger partial charge is 0.393 e. The van der Waals surface area contributed by atoms with Crippen molar-refractivity contribution < 1.29 is 9.90 Å². The summed E-state index contributed by atoms with van der Waals surface area (Å²) in [5, 5.41) is 9.85. The van der Waals surface area contributed by atoms with Crippen LogP contribution < -0.4 is 0 Å². The van der Waals surface area contributed by atoms with Gasteiger partial charge in [0, 0.05) is 19.0 Å². The minimum Gasteiger partial charge on any atom is -0.393 e. The second-order valence-electron chi connectivity index (χ2n) is 4.77. The summed E-state index contributed by atoms with van der Waals surface area (Å²) in [6, 6.07) is 0. The number of aliphatic hydroxyl groups excluding tert-OH is 1. The van der Waals surface area contributed by atoms with E-state index in [9.17, 15) is 9.90 Å². The van der Waals surface area contributed by atoms with E-state index in [1.54, 1.807) is 4.90 Å². The van der Waals surface area contributed by atoms with Crippen molar-refractivity contribution in [2.75, 3.05) is 19.0 Å². The normalized spacial score (nSPS) is 31.7. The van der Waals surface area contributed by atoms with Gasteiger partial charge in [-0.1, -0.05) is 12.8 Å². The second kappa shape index (κ2) is 4.71. The van der Waals surface area contributed by atoms with Crippen molar-refractivity contribution in [1.29, 1.82) is 0 Å². The zero-order valence-electron chi connectivity index (χ0n) is 8.86. The molecule has 2 atom stereocenters. The number of nitrogens with zero attached hydrogens (tertiary/aromatic N) is 1. The summed E-state index contributed by atoms with van der Waals surface area (Å²) < 4.78 is 0. The fraction of sp³-hybridized carbons (Fsp3) is 0.909. The standard InChI is InChI=1S/C11H18ClNO2/c12-6-11(15)13-4-3-10(14)9(7-13)5-8-1-2-8/h8-10,14H,1-7H2. The Labute approximate surface area is 95.4 Å². The molecule has 1 saturated heterocycles. The van der Waals surface area contributed by atoms with Gasteiger partial charge in [-0.05, 0) is 18.8 Å². The molecule has 3 nitrogen and oxygen atoms in total. The molecule has 0 aromatic carbocycles. The third-order valence-electron chi connectivity index (χ3n) is 3.49. The Balaban J connectivity index is 1.87. The molecule has 0 spiro atoms. The van der Waals surface area contributed by atoms with Crippen molar-refractivity contribution in [2.24, 2.45) is 11.8 Å². The number of halogens is 1.